The maximum absolute atomic E-state index is 13.1. The van der Waals surface area contributed by atoms with Crippen LogP contribution in [0.15, 0.2) is 23.1 Å². The summed E-state index contributed by atoms with van der Waals surface area (Å²) in [6, 6.07) is 3.98. The molecule has 2 rings (SSSR count). The number of thiol groups is 1. The van der Waals surface area contributed by atoms with E-state index in [1.807, 2.05) is 4.90 Å². The molecule has 0 atom stereocenters. The third-order valence-electron chi connectivity index (χ3n) is 3.54. The fourth-order valence-corrected chi connectivity index (χ4v) is 2.55. The fourth-order valence-electron chi connectivity index (χ4n) is 2.34. The molecular weight excluding hydrogens is 291 g/mol. The van der Waals surface area contributed by atoms with Crippen LogP contribution in [0, 0.1) is 5.82 Å². The summed E-state index contributed by atoms with van der Waals surface area (Å²) in [5.41, 5.74) is 0.340. The normalized spacial score (nSPS) is 14.9. The smallest absolute Gasteiger partial charge is 0.251 e. The first-order chi connectivity index (χ1) is 10.1. The topological polar surface area (TPSA) is 49.4 Å². The van der Waals surface area contributed by atoms with Crippen LogP contribution in [0.5, 0.6) is 0 Å². The van der Waals surface area contributed by atoms with Gasteiger partial charge in [-0.2, -0.15) is 0 Å². The maximum Gasteiger partial charge on any atom is 0.251 e. The highest BCUT2D eigenvalue weighted by atomic mass is 32.1. The van der Waals surface area contributed by atoms with Crippen molar-refractivity contribution in [2.45, 2.75) is 30.6 Å². The van der Waals surface area contributed by atoms with Crippen LogP contribution in [0.3, 0.4) is 0 Å². The number of hydrogen-bond donors (Lipinski definition) is 2. The number of carbonyl (C=O) groups excluding carboxylic acids is 2. The van der Waals surface area contributed by atoms with Crippen LogP contribution in [0.4, 0.5) is 4.39 Å². The van der Waals surface area contributed by atoms with Crippen molar-refractivity contribution < 1.29 is 14.0 Å². The molecule has 0 bridgehead atoms. The van der Waals surface area contributed by atoms with Crippen LogP contribution < -0.4 is 5.32 Å². The Balaban J connectivity index is 1.78. The standard InChI is InChI=1S/C15H19FN2O2S/c16-12-5-4-11(10-13(12)21)15(20)17-7-6-14(19)18-8-2-1-3-9-18/h4-5,10,21H,1-3,6-9H2,(H,17,20). The number of halogens is 1. The van der Waals surface area contributed by atoms with E-state index < -0.39 is 5.82 Å². The van der Waals surface area contributed by atoms with Crippen molar-refractivity contribution in [3.63, 3.8) is 0 Å². The lowest BCUT2D eigenvalue weighted by atomic mass is 10.1. The van der Waals surface area contributed by atoms with Crippen LogP contribution in [0.25, 0.3) is 0 Å². The molecule has 1 saturated heterocycles. The van der Waals surface area contributed by atoms with Crippen molar-refractivity contribution in [3.8, 4) is 0 Å². The highest BCUT2D eigenvalue weighted by Crippen LogP contribution is 2.14. The number of rotatable bonds is 4. The van der Waals surface area contributed by atoms with E-state index in [4.69, 9.17) is 0 Å². The molecule has 0 unspecified atom stereocenters. The van der Waals surface area contributed by atoms with Gasteiger partial charge in [0.05, 0.1) is 0 Å². The van der Waals surface area contributed by atoms with E-state index in [2.05, 4.69) is 17.9 Å². The molecule has 1 heterocycles. The fraction of sp³-hybridized carbons (Fsp3) is 0.467. The van der Waals surface area contributed by atoms with Gasteiger partial charge in [0.25, 0.3) is 5.91 Å². The van der Waals surface area contributed by atoms with Crippen LogP contribution in [0.2, 0.25) is 0 Å². The van der Waals surface area contributed by atoms with Crippen molar-refractivity contribution in [2.75, 3.05) is 19.6 Å². The zero-order valence-corrected chi connectivity index (χ0v) is 12.7. The average molecular weight is 310 g/mol. The van der Waals surface area contributed by atoms with Crippen molar-refractivity contribution >= 4 is 24.4 Å². The molecule has 1 aliphatic rings. The van der Waals surface area contributed by atoms with Crippen molar-refractivity contribution in [1.29, 1.82) is 0 Å². The minimum absolute atomic E-state index is 0.0731. The Morgan fingerprint density at radius 1 is 1.24 bits per heavy atom. The minimum Gasteiger partial charge on any atom is -0.352 e. The SMILES string of the molecule is O=C(NCCC(=O)N1CCCCC1)c1ccc(F)c(S)c1. The molecule has 0 aromatic heterocycles. The van der Waals surface area contributed by atoms with Gasteiger partial charge < -0.3 is 10.2 Å². The van der Waals surface area contributed by atoms with Gasteiger partial charge in [-0.05, 0) is 37.5 Å². The molecular formula is C15H19FN2O2S. The zero-order chi connectivity index (χ0) is 15.2. The zero-order valence-electron chi connectivity index (χ0n) is 11.8. The lowest BCUT2D eigenvalue weighted by Gasteiger charge is -2.26. The van der Waals surface area contributed by atoms with Crippen molar-refractivity contribution in [2.24, 2.45) is 0 Å². The number of likely N-dealkylation sites (tertiary alicyclic amines) is 1. The number of benzene rings is 1. The summed E-state index contributed by atoms with van der Waals surface area (Å²) in [6.07, 6.45) is 3.58. The predicted octanol–water partition coefficient (Wildman–Crippen LogP) is 2.25. The third kappa shape index (κ3) is 4.46. The van der Waals surface area contributed by atoms with Crippen molar-refractivity contribution in [3.05, 3.63) is 29.6 Å². The number of nitrogens with one attached hydrogen (secondary N) is 1. The van der Waals surface area contributed by atoms with Gasteiger partial charge in [0.2, 0.25) is 5.91 Å². The van der Waals surface area contributed by atoms with E-state index in [0.29, 0.717) is 12.0 Å². The summed E-state index contributed by atoms with van der Waals surface area (Å²) >= 11 is 3.94. The van der Waals surface area contributed by atoms with Gasteiger partial charge in [-0.25, -0.2) is 4.39 Å². The highest BCUT2D eigenvalue weighted by Gasteiger charge is 2.16. The van der Waals surface area contributed by atoms with Gasteiger partial charge in [-0.1, -0.05) is 0 Å². The number of hydrogen-bond acceptors (Lipinski definition) is 3. The predicted molar refractivity (Wildman–Crippen MR) is 81.0 cm³/mol. The first-order valence-electron chi connectivity index (χ1n) is 7.12. The van der Waals surface area contributed by atoms with E-state index in [1.54, 1.807) is 0 Å². The van der Waals surface area contributed by atoms with Crippen LogP contribution in [-0.4, -0.2) is 36.3 Å². The van der Waals surface area contributed by atoms with E-state index in [0.717, 1.165) is 25.9 Å². The van der Waals surface area contributed by atoms with E-state index in [1.165, 1.54) is 24.6 Å². The highest BCUT2D eigenvalue weighted by molar-refractivity contribution is 7.80. The minimum atomic E-state index is -0.463. The van der Waals surface area contributed by atoms with Crippen LogP contribution >= 0.6 is 12.6 Å². The summed E-state index contributed by atoms with van der Waals surface area (Å²) < 4.78 is 13.1. The molecule has 0 saturated carbocycles. The lowest BCUT2D eigenvalue weighted by Crippen LogP contribution is -2.37. The monoisotopic (exact) mass is 310 g/mol. The Morgan fingerprint density at radius 3 is 2.62 bits per heavy atom. The van der Waals surface area contributed by atoms with Gasteiger partial charge in [0.15, 0.2) is 0 Å². The molecule has 0 aliphatic carbocycles. The number of amides is 2. The number of nitrogens with zero attached hydrogens (tertiary/aromatic N) is 1. The maximum atomic E-state index is 13.1. The van der Waals surface area contributed by atoms with Crippen LogP contribution in [0.1, 0.15) is 36.0 Å². The molecule has 1 N–H and O–H groups in total. The first kappa shape index (κ1) is 15.8. The molecule has 0 spiro atoms. The second-order valence-corrected chi connectivity index (χ2v) is 5.60. The van der Waals surface area contributed by atoms with Gasteiger partial charge in [-0.15, -0.1) is 12.6 Å². The molecule has 1 aromatic rings. The molecule has 2 amide bonds. The van der Waals surface area contributed by atoms with Gasteiger partial charge in [0, 0.05) is 36.5 Å². The van der Waals surface area contributed by atoms with Gasteiger partial charge >= 0.3 is 0 Å². The summed E-state index contributed by atoms with van der Waals surface area (Å²) in [5, 5.41) is 2.67. The summed E-state index contributed by atoms with van der Waals surface area (Å²) in [5.74, 6) is -0.712. The van der Waals surface area contributed by atoms with Gasteiger partial charge in [-0.3, -0.25) is 9.59 Å². The molecule has 0 radical (unpaired) electrons. The number of carbonyl (C=O) groups is 2. The first-order valence-corrected chi connectivity index (χ1v) is 7.57. The quantitative estimate of drug-likeness (QED) is 0.838. The molecule has 114 valence electrons. The van der Waals surface area contributed by atoms with E-state index in [-0.39, 0.29) is 23.3 Å². The Kier molecular flexibility index (Phi) is 5.61. The van der Waals surface area contributed by atoms with E-state index >= 15 is 0 Å². The van der Waals surface area contributed by atoms with Crippen LogP contribution in [-0.2, 0) is 4.79 Å². The van der Waals surface area contributed by atoms with Gasteiger partial charge in [0.1, 0.15) is 5.82 Å². The molecule has 1 fully saturated rings. The molecule has 4 nitrogen and oxygen atoms in total. The summed E-state index contributed by atoms with van der Waals surface area (Å²) in [6.45, 7) is 1.91. The molecule has 1 aromatic carbocycles. The van der Waals surface area contributed by atoms with E-state index in [9.17, 15) is 14.0 Å². The molecule has 6 heteroatoms. The summed E-state index contributed by atoms with van der Waals surface area (Å²) in [4.78, 5) is 25.8. The second kappa shape index (κ2) is 7.45. The average Bonchev–Trinajstić information content (AvgIpc) is 2.50. The van der Waals surface area contributed by atoms with Crippen molar-refractivity contribution in [1.82, 2.24) is 10.2 Å². The Labute approximate surface area is 129 Å². The Hall–Kier alpha value is -1.56. The Bertz CT molecular complexity index is 530. The second-order valence-electron chi connectivity index (χ2n) is 5.11. The Morgan fingerprint density at radius 2 is 1.95 bits per heavy atom. The molecule has 1 aliphatic heterocycles. The third-order valence-corrected chi connectivity index (χ3v) is 3.88. The lowest BCUT2D eigenvalue weighted by molar-refractivity contribution is -0.131. The summed E-state index contributed by atoms with van der Waals surface area (Å²) in [7, 11) is 0. The number of piperidine rings is 1. The largest absolute Gasteiger partial charge is 0.352 e. The molecule has 21 heavy (non-hydrogen) atoms.